The fraction of sp³-hybridized carbons (Fsp3) is 0.312. The third-order valence-corrected chi connectivity index (χ3v) is 4.29. The molecule has 0 saturated carbocycles. The number of anilines is 1. The molecule has 0 spiro atoms. The van der Waals surface area contributed by atoms with Crippen LogP contribution in [0.1, 0.15) is 24.6 Å². The van der Waals surface area contributed by atoms with E-state index < -0.39 is 0 Å². The molecular formula is C16H18N4OS. The van der Waals surface area contributed by atoms with Gasteiger partial charge in [0, 0.05) is 17.8 Å². The highest BCUT2D eigenvalue weighted by Crippen LogP contribution is 2.18. The van der Waals surface area contributed by atoms with Gasteiger partial charge < -0.3 is 5.32 Å². The summed E-state index contributed by atoms with van der Waals surface area (Å²) in [6.45, 7) is 3.94. The maximum atomic E-state index is 11.8. The summed E-state index contributed by atoms with van der Waals surface area (Å²) < 4.78 is 1.35. The molecule has 0 fully saturated rings. The van der Waals surface area contributed by atoms with Gasteiger partial charge in [-0.05, 0) is 32.3 Å². The summed E-state index contributed by atoms with van der Waals surface area (Å²) in [4.78, 5) is 16.8. The Morgan fingerprint density at radius 3 is 2.86 bits per heavy atom. The maximum absolute atomic E-state index is 11.8. The van der Waals surface area contributed by atoms with E-state index in [1.54, 1.807) is 0 Å². The minimum atomic E-state index is -0.135. The Bertz CT molecular complexity index is 825. The predicted molar refractivity (Wildman–Crippen MR) is 89.7 cm³/mol. The third-order valence-electron chi connectivity index (χ3n) is 3.45. The maximum Gasteiger partial charge on any atom is 0.275 e. The molecule has 0 unspecified atom stereocenters. The van der Waals surface area contributed by atoms with Crippen LogP contribution in [-0.2, 0) is 6.42 Å². The van der Waals surface area contributed by atoms with Gasteiger partial charge in [-0.15, -0.1) is 5.10 Å². The van der Waals surface area contributed by atoms with Gasteiger partial charge in [0.1, 0.15) is 0 Å². The topological polar surface area (TPSA) is 59.3 Å². The first-order valence-corrected chi connectivity index (χ1v) is 8.11. The molecule has 22 heavy (non-hydrogen) atoms. The Labute approximate surface area is 132 Å². The molecule has 6 heteroatoms. The monoisotopic (exact) mass is 314 g/mol. The summed E-state index contributed by atoms with van der Waals surface area (Å²) in [5.41, 5.74) is 1.91. The van der Waals surface area contributed by atoms with Crippen LogP contribution in [0.3, 0.4) is 0 Å². The van der Waals surface area contributed by atoms with Crippen LogP contribution in [0, 0.1) is 6.92 Å². The van der Waals surface area contributed by atoms with E-state index in [2.05, 4.69) is 46.6 Å². The number of aryl methyl sites for hydroxylation is 2. The highest BCUT2D eigenvalue weighted by atomic mass is 32.1. The van der Waals surface area contributed by atoms with Gasteiger partial charge >= 0.3 is 0 Å². The van der Waals surface area contributed by atoms with Gasteiger partial charge in [0.15, 0.2) is 0 Å². The second kappa shape index (κ2) is 6.27. The number of fused-ring (bicyclic) bond motifs is 1. The number of aromatic nitrogens is 3. The molecule has 114 valence electrons. The molecule has 0 aliphatic rings. The van der Waals surface area contributed by atoms with Crippen molar-refractivity contribution in [1.29, 1.82) is 0 Å². The predicted octanol–water partition coefficient (Wildman–Crippen LogP) is 2.89. The van der Waals surface area contributed by atoms with Crippen molar-refractivity contribution in [3.05, 3.63) is 58.0 Å². The van der Waals surface area contributed by atoms with E-state index in [9.17, 15) is 4.79 Å². The first kappa shape index (κ1) is 14.7. The fourth-order valence-corrected chi connectivity index (χ4v) is 3.25. The Hall–Kier alpha value is -2.21. The van der Waals surface area contributed by atoms with Gasteiger partial charge in [0.25, 0.3) is 5.56 Å². The SMILES string of the molecule is Cc1cc(=O)n2nc(N[C@H](C)CCc3ccccc3)sc2n1. The van der Waals surface area contributed by atoms with Crippen LogP contribution in [0.5, 0.6) is 0 Å². The normalized spacial score (nSPS) is 12.5. The van der Waals surface area contributed by atoms with Crippen molar-refractivity contribution < 1.29 is 0 Å². The lowest BCUT2D eigenvalue weighted by atomic mass is 10.1. The quantitative estimate of drug-likeness (QED) is 0.786. The minimum absolute atomic E-state index is 0.135. The van der Waals surface area contributed by atoms with E-state index in [4.69, 9.17) is 0 Å². The minimum Gasteiger partial charge on any atom is -0.358 e. The van der Waals surface area contributed by atoms with Crippen molar-refractivity contribution >= 4 is 21.4 Å². The van der Waals surface area contributed by atoms with Gasteiger partial charge in [-0.25, -0.2) is 4.98 Å². The van der Waals surface area contributed by atoms with Gasteiger partial charge in [0.05, 0.1) is 0 Å². The average Bonchev–Trinajstić information content (AvgIpc) is 2.89. The molecule has 0 aliphatic heterocycles. The van der Waals surface area contributed by atoms with Crippen LogP contribution in [0.25, 0.3) is 4.96 Å². The molecule has 5 nitrogen and oxygen atoms in total. The number of hydrogen-bond acceptors (Lipinski definition) is 5. The number of nitrogens with one attached hydrogen (secondary N) is 1. The van der Waals surface area contributed by atoms with E-state index in [1.807, 2.05) is 13.0 Å². The van der Waals surface area contributed by atoms with Crippen molar-refractivity contribution in [2.24, 2.45) is 0 Å². The molecule has 1 atom stereocenters. The van der Waals surface area contributed by atoms with Crippen LogP contribution in [0.2, 0.25) is 0 Å². The summed E-state index contributed by atoms with van der Waals surface area (Å²) in [7, 11) is 0. The van der Waals surface area contributed by atoms with Crippen LogP contribution >= 0.6 is 11.3 Å². The van der Waals surface area contributed by atoms with E-state index in [0.717, 1.165) is 23.7 Å². The Morgan fingerprint density at radius 2 is 2.09 bits per heavy atom. The van der Waals surface area contributed by atoms with Gasteiger partial charge in [-0.3, -0.25) is 4.79 Å². The van der Waals surface area contributed by atoms with E-state index in [1.165, 1.54) is 27.5 Å². The smallest absolute Gasteiger partial charge is 0.275 e. The fourth-order valence-electron chi connectivity index (χ4n) is 2.29. The van der Waals surface area contributed by atoms with E-state index in [0.29, 0.717) is 4.96 Å². The van der Waals surface area contributed by atoms with Crippen LogP contribution in [-0.4, -0.2) is 20.6 Å². The molecule has 0 amide bonds. The molecule has 1 aromatic carbocycles. The zero-order chi connectivity index (χ0) is 15.5. The molecule has 0 saturated heterocycles. The van der Waals surface area contributed by atoms with Gasteiger partial charge in [-0.2, -0.15) is 4.52 Å². The molecule has 1 N–H and O–H groups in total. The summed E-state index contributed by atoms with van der Waals surface area (Å²) >= 11 is 1.41. The van der Waals surface area contributed by atoms with Crippen molar-refractivity contribution in [2.75, 3.05) is 5.32 Å². The summed E-state index contributed by atoms with van der Waals surface area (Å²) in [5.74, 6) is 0. The first-order chi connectivity index (χ1) is 10.6. The number of benzene rings is 1. The second-order valence-corrected chi connectivity index (χ2v) is 6.36. The zero-order valence-corrected chi connectivity index (χ0v) is 13.4. The third kappa shape index (κ3) is 3.33. The van der Waals surface area contributed by atoms with Crippen molar-refractivity contribution in [2.45, 2.75) is 32.7 Å². The standard InChI is InChI=1S/C16H18N4OS/c1-11(8-9-13-6-4-3-5-7-13)17-15-19-20-14(21)10-12(2)18-16(20)22-15/h3-7,10-11H,8-9H2,1-2H3,(H,17,19)/t11-/m1/s1. The molecule has 2 heterocycles. The highest BCUT2D eigenvalue weighted by molar-refractivity contribution is 7.20. The van der Waals surface area contributed by atoms with E-state index >= 15 is 0 Å². The Kier molecular flexibility index (Phi) is 4.20. The zero-order valence-electron chi connectivity index (χ0n) is 12.6. The molecule has 2 aromatic heterocycles. The summed E-state index contributed by atoms with van der Waals surface area (Å²) in [5, 5.41) is 8.39. The number of rotatable bonds is 5. The molecule has 0 radical (unpaired) electrons. The molecular weight excluding hydrogens is 296 g/mol. The number of hydrogen-bond donors (Lipinski definition) is 1. The van der Waals surface area contributed by atoms with Gasteiger partial charge in [0.2, 0.25) is 10.1 Å². The van der Waals surface area contributed by atoms with E-state index in [-0.39, 0.29) is 11.6 Å². The summed E-state index contributed by atoms with van der Waals surface area (Å²) in [6.07, 6.45) is 2.01. The lowest BCUT2D eigenvalue weighted by Crippen LogP contribution is -2.17. The molecule has 0 bridgehead atoms. The van der Waals surface area contributed by atoms with Gasteiger partial charge in [-0.1, -0.05) is 41.7 Å². The van der Waals surface area contributed by atoms with Crippen molar-refractivity contribution in [3.63, 3.8) is 0 Å². The Balaban J connectivity index is 1.67. The highest BCUT2D eigenvalue weighted by Gasteiger charge is 2.10. The molecule has 3 aromatic rings. The lowest BCUT2D eigenvalue weighted by Gasteiger charge is -2.12. The molecule has 0 aliphatic carbocycles. The van der Waals surface area contributed by atoms with Crippen molar-refractivity contribution in [3.8, 4) is 0 Å². The Morgan fingerprint density at radius 1 is 1.32 bits per heavy atom. The largest absolute Gasteiger partial charge is 0.358 e. The first-order valence-electron chi connectivity index (χ1n) is 7.30. The average molecular weight is 314 g/mol. The van der Waals surface area contributed by atoms with Crippen LogP contribution in [0.4, 0.5) is 5.13 Å². The van der Waals surface area contributed by atoms with Crippen LogP contribution < -0.4 is 10.9 Å². The second-order valence-electron chi connectivity index (χ2n) is 5.41. The lowest BCUT2D eigenvalue weighted by molar-refractivity contribution is 0.702. The molecule has 3 rings (SSSR count). The van der Waals surface area contributed by atoms with Crippen molar-refractivity contribution in [1.82, 2.24) is 14.6 Å². The number of nitrogens with zero attached hydrogens (tertiary/aromatic N) is 3. The summed E-state index contributed by atoms with van der Waals surface area (Å²) in [6, 6.07) is 12.2. The van der Waals surface area contributed by atoms with Crippen LogP contribution in [0.15, 0.2) is 41.2 Å².